The Morgan fingerprint density at radius 1 is 1.08 bits per heavy atom. The van der Waals surface area contributed by atoms with Gasteiger partial charge in [0, 0.05) is 12.0 Å². The van der Waals surface area contributed by atoms with Crippen LogP contribution in [0.4, 0.5) is 0 Å². The highest BCUT2D eigenvalue weighted by molar-refractivity contribution is 5.97. The van der Waals surface area contributed by atoms with Crippen molar-refractivity contribution < 1.29 is 14.3 Å². The molecule has 2 aromatic carbocycles. The zero-order valence-corrected chi connectivity index (χ0v) is 13.4. The Morgan fingerprint density at radius 2 is 1.71 bits per heavy atom. The number of esters is 1. The highest BCUT2D eigenvalue weighted by Gasteiger charge is 2.21. The van der Waals surface area contributed by atoms with Gasteiger partial charge in [0.25, 0.3) is 5.91 Å². The number of carbonyl (C=O) groups excluding carboxylic acids is 2. The molecule has 0 saturated carbocycles. The Bertz CT molecular complexity index is 733. The fourth-order valence-corrected chi connectivity index (χ4v) is 2.29. The van der Waals surface area contributed by atoms with Gasteiger partial charge in [0.1, 0.15) is 6.04 Å². The van der Waals surface area contributed by atoms with E-state index >= 15 is 0 Å². The lowest BCUT2D eigenvalue weighted by Crippen LogP contribution is -2.41. The molecule has 1 atom stereocenters. The Labute approximate surface area is 140 Å². The lowest BCUT2D eigenvalue weighted by molar-refractivity contribution is -0.143. The maximum absolute atomic E-state index is 12.3. The number of hydrogen-bond donors (Lipinski definition) is 1. The zero-order valence-electron chi connectivity index (χ0n) is 13.4. The molecule has 2 aromatic rings. The van der Waals surface area contributed by atoms with E-state index < -0.39 is 12.0 Å². The summed E-state index contributed by atoms with van der Waals surface area (Å²) in [5.74, 6) is -0.928. The third-order valence-corrected chi connectivity index (χ3v) is 3.59. The van der Waals surface area contributed by atoms with E-state index in [1.54, 1.807) is 12.1 Å². The summed E-state index contributed by atoms with van der Waals surface area (Å²) in [6, 6.07) is 18.1. The van der Waals surface area contributed by atoms with Crippen LogP contribution in [-0.4, -0.2) is 25.0 Å². The lowest BCUT2D eigenvalue weighted by Gasteiger charge is -2.15. The molecule has 0 radical (unpaired) electrons. The molecule has 1 N–H and O–H groups in total. The first kappa shape index (κ1) is 17.2. The van der Waals surface area contributed by atoms with Crippen molar-refractivity contribution in [1.82, 2.24) is 5.32 Å². The molecule has 122 valence electrons. The highest BCUT2D eigenvalue weighted by atomic mass is 16.5. The molecule has 0 aliphatic carbocycles. The summed E-state index contributed by atoms with van der Waals surface area (Å²) in [5.41, 5.74) is 2.51. The van der Waals surface area contributed by atoms with Crippen molar-refractivity contribution in [1.29, 1.82) is 5.26 Å². The first-order valence-electron chi connectivity index (χ1n) is 7.57. The number of carbonyl (C=O) groups is 2. The van der Waals surface area contributed by atoms with E-state index in [1.807, 2.05) is 48.5 Å². The van der Waals surface area contributed by atoms with Gasteiger partial charge in [0.15, 0.2) is 0 Å². The second-order valence-corrected chi connectivity index (χ2v) is 5.19. The summed E-state index contributed by atoms with van der Waals surface area (Å²) >= 11 is 0. The first-order valence-corrected chi connectivity index (χ1v) is 7.57. The van der Waals surface area contributed by atoms with Gasteiger partial charge in [-0.25, -0.2) is 4.79 Å². The number of nitriles is 1. The Kier molecular flexibility index (Phi) is 6.09. The van der Waals surface area contributed by atoms with Crippen molar-refractivity contribution in [3.63, 3.8) is 0 Å². The summed E-state index contributed by atoms with van der Waals surface area (Å²) in [6.45, 7) is 0. The van der Waals surface area contributed by atoms with Gasteiger partial charge < -0.3 is 10.1 Å². The molecular formula is C19H18N2O3. The van der Waals surface area contributed by atoms with Crippen LogP contribution in [-0.2, 0) is 9.53 Å². The molecule has 0 unspecified atom stereocenters. The van der Waals surface area contributed by atoms with Gasteiger partial charge in [0.05, 0.1) is 13.2 Å². The van der Waals surface area contributed by atoms with E-state index in [1.165, 1.54) is 7.11 Å². The number of rotatable bonds is 6. The topological polar surface area (TPSA) is 79.2 Å². The standard InChI is InChI=1S/C19H18N2O3/c1-24-19(23)17(8-5-13-20)21-18(22)16-11-9-15(10-12-16)14-6-3-2-4-7-14/h2-4,6-7,9-12,17H,5,8H2,1H3,(H,21,22)/t17-/m0/s1. The van der Waals surface area contributed by atoms with Crippen LogP contribution >= 0.6 is 0 Å². The van der Waals surface area contributed by atoms with Gasteiger partial charge in [0.2, 0.25) is 0 Å². The molecule has 0 aliphatic rings. The van der Waals surface area contributed by atoms with Gasteiger partial charge in [-0.2, -0.15) is 5.26 Å². The van der Waals surface area contributed by atoms with Crippen LogP contribution in [0.3, 0.4) is 0 Å². The Morgan fingerprint density at radius 3 is 2.29 bits per heavy atom. The van der Waals surface area contributed by atoms with Crippen LogP contribution in [0.5, 0.6) is 0 Å². The van der Waals surface area contributed by atoms with Crippen molar-refractivity contribution in [2.75, 3.05) is 7.11 Å². The molecule has 0 fully saturated rings. The van der Waals surface area contributed by atoms with Gasteiger partial charge in [-0.3, -0.25) is 4.79 Å². The summed E-state index contributed by atoms with van der Waals surface area (Å²) in [7, 11) is 1.25. The smallest absolute Gasteiger partial charge is 0.328 e. The molecule has 2 rings (SSSR count). The van der Waals surface area contributed by atoms with Crippen LogP contribution in [0.15, 0.2) is 54.6 Å². The molecule has 0 saturated heterocycles. The monoisotopic (exact) mass is 322 g/mol. The Balaban J connectivity index is 2.09. The molecule has 0 aliphatic heterocycles. The van der Waals surface area contributed by atoms with Crippen molar-refractivity contribution in [3.05, 3.63) is 60.2 Å². The third-order valence-electron chi connectivity index (χ3n) is 3.59. The minimum Gasteiger partial charge on any atom is -0.467 e. The normalized spacial score (nSPS) is 11.2. The number of nitrogens with zero attached hydrogens (tertiary/aromatic N) is 1. The van der Waals surface area contributed by atoms with Gasteiger partial charge >= 0.3 is 5.97 Å². The number of amides is 1. The average Bonchev–Trinajstić information content (AvgIpc) is 2.65. The van der Waals surface area contributed by atoms with E-state index in [0.717, 1.165) is 11.1 Å². The molecule has 0 heterocycles. The summed E-state index contributed by atoms with van der Waals surface area (Å²) in [6.07, 6.45) is 0.379. The molecule has 24 heavy (non-hydrogen) atoms. The van der Waals surface area contributed by atoms with E-state index in [9.17, 15) is 9.59 Å². The largest absolute Gasteiger partial charge is 0.467 e. The molecule has 0 bridgehead atoms. The zero-order chi connectivity index (χ0) is 17.4. The van der Waals surface area contributed by atoms with E-state index in [0.29, 0.717) is 5.56 Å². The molecular weight excluding hydrogens is 304 g/mol. The van der Waals surface area contributed by atoms with Crippen molar-refractivity contribution in [2.45, 2.75) is 18.9 Å². The lowest BCUT2D eigenvalue weighted by atomic mass is 10.0. The third kappa shape index (κ3) is 4.43. The SMILES string of the molecule is COC(=O)[C@H](CCC#N)NC(=O)c1ccc(-c2ccccc2)cc1. The number of hydrogen-bond acceptors (Lipinski definition) is 4. The molecule has 5 heteroatoms. The summed E-state index contributed by atoms with van der Waals surface area (Å²) < 4.78 is 4.66. The molecule has 0 aromatic heterocycles. The second kappa shape index (κ2) is 8.49. The van der Waals surface area contributed by atoms with Crippen LogP contribution < -0.4 is 5.32 Å². The first-order chi connectivity index (χ1) is 11.7. The fourth-order valence-electron chi connectivity index (χ4n) is 2.29. The van der Waals surface area contributed by atoms with Crippen molar-refractivity contribution in [2.24, 2.45) is 0 Å². The van der Waals surface area contributed by atoms with E-state index in [2.05, 4.69) is 10.1 Å². The van der Waals surface area contributed by atoms with E-state index in [-0.39, 0.29) is 18.7 Å². The van der Waals surface area contributed by atoms with Crippen LogP contribution in [0, 0.1) is 11.3 Å². The van der Waals surface area contributed by atoms with E-state index in [4.69, 9.17) is 5.26 Å². The van der Waals surface area contributed by atoms with Gasteiger partial charge in [-0.15, -0.1) is 0 Å². The second-order valence-electron chi connectivity index (χ2n) is 5.19. The maximum Gasteiger partial charge on any atom is 0.328 e. The average molecular weight is 322 g/mol. The van der Waals surface area contributed by atoms with Crippen molar-refractivity contribution in [3.8, 4) is 17.2 Å². The summed E-state index contributed by atoms with van der Waals surface area (Å²) in [5, 5.41) is 11.3. The van der Waals surface area contributed by atoms with Crippen LogP contribution in [0.2, 0.25) is 0 Å². The predicted octanol–water partition coefficient (Wildman–Crippen LogP) is 2.93. The quantitative estimate of drug-likeness (QED) is 0.829. The molecule has 5 nitrogen and oxygen atoms in total. The Hall–Kier alpha value is -3.13. The predicted molar refractivity (Wildman–Crippen MR) is 90.0 cm³/mol. The minimum atomic E-state index is -0.823. The van der Waals surface area contributed by atoms with Gasteiger partial charge in [-0.05, 0) is 29.7 Å². The number of nitrogens with one attached hydrogen (secondary N) is 1. The summed E-state index contributed by atoms with van der Waals surface area (Å²) in [4.78, 5) is 24.0. The van der Waals surface area contributed by atoms with Crippen LogP contribution in [0.1, 0.15) is 23.2 Å². The minimum absolute atomic E-state index is 0.160. The maximum atomic E-state index is 12.3. The van der Waals surface area contributed by atoms with Gasteiger partial charge in [-0.1, -0.05) is 42.5 Å². The van der Waals surface area contributed by atoms with Crippen LogP contribution in [0.25, 0.3) is 11.1 Å². The fraction of sp³-hybridized carbons (Fsp3) is 0.211. The highest BCUT2D eigenvalue weighted by Crippen LogP contribution is 2.19. The number of ether oxygens (including phenoxy) is 1. The molecule has 1 amide bonds. The van der Waals surface area contributed by atoms with Crippen molar-refractivity contribution >= 4 is 11.9 Å². The molecule has 0 spiro atoms. The number of methoxy groups -OCH3 is 1. The number of benzene rings is 2.